The average Bonchev–Trinajstić information content (AvgIpc) is 3.56. The Balaban J connectivity index is 0.000000173. The fraction of sp³-hybridized carbons (Fsp3) is 0.333. The summed E-state index contributed by atoms with van der Waals surface area (Å²) in [5.74, 6) is 1.20. The molecule has 1 atom stereocenters. The van der Waals surface area contributed by atoms with Crippen molar-refractivity contribution in [2.45, 2.75) is 86.5 Å². The quantitative estimate of drug-likeness (QED) is 0.161. The van der Waals surface area contributed by atoms with Crippen LogP contribution in [0.5, 0.6) is 0 Å². The Labute approximate surface area is 311 Å². The third-order valence-electron chi connectivity index (χ3n) is 8.69. The zero-order valence-electron chi connectivity index (χ0n) is 30.4. The molecule has 0 radical (unpaired) electrons. The van der Waals surface area contributed by atoms with Gasteiger partial charge in [0.15, 0.2) is 0 Å². The van der Waals surface area contributed by atoms with E-state index in [-0.39, 0.29) is 10.8 Å². The first-order valence-electron chi connectivity index (χ1n) is 17.0. The molecule has 0 saturated heterocycles. The Hall–Kier alpha value is -2.44. The van der Waals surface area contributed by atoms with Crippen LogP contribution in [0.2, 0.25) is 10.0 Å². The monoisotopic (exact) mass is 750 g/mol. The maximum atomic E-state index is 5.84. The maximum absolute atomic E-state index is 5.84. The minimum absolute atomic E-state index is 0.177. The summed E-state index contributed by atoms with van der Waals surface area (Å²) in [5.41, 5.74) is 14.1. The van der Waals surface area contributed by atoms with E-state index in [9.17, 15) is 0 Å². The third kappa shape index (κ3) is 10.8. The number of halogens is 2. The summed E-state index contributed by atoms with van der Waals surface area (Å²) >= 11 is 11.0. The summed E-state index contributed by atoms with van der Waals surface area (Å²) in [4.78, 5) is 0. The molecule has 0 nitrogen and oxygen atoms in total. The van der Waals surface area contributed by atoms with Crippen LogP contribution in [0.15, 0.2) is 96.1 Å². The summed E-state index contributed by atoms with van der Waals surface area (Å²) in [6.45, 7) is 22.4. The van der Waals surface area contributed by atoms with E-state index in [4.69, 9.17) is 23.2 Å². The first kappa shape index (κ1) is 38.4. The van der Waals surface area contributed by atoms with Crippen LogP contribution in [0.3, 0.4) is 0 Å². The van der Waals surface area contributed by atoms with Crippen LogP contribution in [-0.2, 0) is 39.5 Å². The van der Waals surface area contributed by atoms with Crippen LogP contribution in [-0.4, -0.2) is 7.42 Å². The summed E-state index contributed by atoms with van der Waals surface area (Å²) < 4.78 is 4.66. The predicted octanol–water partition coefficient (Wildman–Crippen LogP) is 12.7. The van der Waals surface area contributed by atoms with Gasteiger partial charge in [0.05, 0.1) is 0 Å². The predicted molar refractivity (Wildman–Crippen MR) is 209 cm³/mol. The van der Waals surface area contributed by atoms with Gasteiger partial charge in [0.2, 0.25) is 0 Å². The normalized spacial score (nSPS) is 14.7. The molecule has 0 aromatic heterocycles. The molecule has 3 heteroatoms. The summed E-state index contributed by atoms with van der Waals surface area (Å²) in [5, 5.41) is 1.57. The Morgan fingerprint density at radius 1 is 0.750 bits per heavy atom. The van der Waals surface area contributed by atoms with Crippen molar-refractivity contribution in [3.8, 4) is 11.1 Å². The summed E-state index contributed by atoms with van der Waals surface area (Å²) in [6, 6.07) is 31.0. The number of hydrogen-bond acceptors (Lipinski definition) is 0. The zero-order chi connectivity index (χ0) is 35.2. The van der Waals surface area contributed by atoms with Gasteiger partial charge in [-0.1, -0.05) is 116 Å². The second-order valence-corrected chi connectivity index (χ2v) is 18.3. The molecule has 250 valence electrons. The Morgan fingerprint density at radius 3 is 1.71 bits per heavy atom. The average molecular weight is 753 g/mol. The van der Waals surface area contributed by atoms with Gasteiger partial charge < -0.3 is 0 Å². The summed E-state index contributed by atoms with van der Waals surface area (Å²) in [7, 11) is 0. The number of fused-ring (bicyclic) bond motifs is 3. The van der Waals surface area contributed by atoms with Crippen molar-refractivity contribution in [1.29, 1.82) is 0 Å². The molecule has 0 saturated carbocycles. The molecule has 0 N–H and O–H groups in total. The van der Waals surface area contributed by atoms with Gasteiger partial charge in [-0.05, 0) is 17.4 Å². The van der Waals surface area contributed by atoms with E-state index >= 15 is 0 Å². The van der Waals surface area contributed by atoms with Gasteiger partial charge in [-0.2, -0.15) is 41.0 Å². The van der Waals surface area contributed by atoms with Gasteiger partial charge in [-0.25, -0.2) is 5.57 Å². The molecule has 4 aromatic rings. The van der Waals surface area contributed by atoms with Crippen LogP contribution in [0, 0.1) is 24.0 Å². The van der Waals surface area contributed by atoms with E-state index in [2.05, 4.69) is 149 Å². The molecular weight excluding hydrogens is 703 g/mol. The molecule has 0 heterocycles. The van der Waals surface area contributed by atoms with Gasteiger partial charge >= 0.3 is 123 Å². The van der Waals surface area contributed by atoms with Gasteiger partial charge in [-0.15, -0.1) is 5.56 Å². The Bertz CT molecular complexity index is 1720. The number of hydrogen-bond donors (Lipinski definition) is 0. The van der Waals surface area contributed by atoms with Crippen molar-refractivity contribution < 1.29 is 22.3 Å². The van der Waals surface area contributed by atoms with E-state index < -0.39 is 22.3 Å². The minimum atomic E-state index is -0.623. The van der Waals surface area contributed by atoms with Crippen molar-refractivity contribution in [1.82, 2.24) is 0 Å². The van der Waals surface area contributed by atoms with Crippen molar-refractivity contribution in [3.05, 3.63) is 152 Å². The number of allylic oxidation sites excluding steroid dienone is 4. The molecular formula is C45H50Cl2Zr-2. The van der Waals surface area contributed by atoms with Crippen LogP contribution >= 0.6 is 23.2 Å². The molecule has 0 spiro atoms. The first-order valence-corrected chi connectivity index (χ1v) is 20.6. The van der Waals surface area contributed by atoms with Gasteiger partial charge in [0.25, 0.3) is 0 Å². The van der Waals surface area contributed by atoms with E-state index in [1.54, 1.807) is 0 Å². The second-order valence-electron chi connectivity index (χ2n) is 15.2. The zero-order valence-corrected chi connectivity index (χ0v) is 34.3. The molecule has 4 aromatic carbocycles. The van der Waals surface area contributed by atoms with Crippen LogP contribution in [0.25, 0.3) is 11.1 Å². The van der Waals surface area contributed by atoms with Crippen molar-refractivity contribution in [2.75, 3.05) is 0 Å². The van der Waals surface area contributed by atoms with Gasteiger partial charge in [-0.3, -0.25) is 6.08 Å². The molecule has 0 fully saturated rings. The molecule has 2 aliphatic carbocycles. The second kappa shape index (κ2) is 16.5. The first-order chi connectivity index (χ1) is 22.5. The molecule has 6 rings (SSSR count). The van der Waals surface area contributed by atoms with E-state index in [0.717, 1.165) is 16.5 Å². The molecule has 2 aliphatic rings. The van der Waals surface area contributed by atoms with E-state index in [1.807, 2.05) is 24.3 Å². The van der Waals surface area contributed by atoms with Crippen LogP contribution in [0.4, 0.5) is 0 Å². The van der Waals surface area contributed by atoms with Gasteiger partial charge in [0.1, 0.15) is 0 Å². The molecule has 48 heavy (non-hydrogen) atoms. The fourth-order valence-corrected chi connectivity index (χ4v) is 8.17. The topological polar surface area (TPSA) is 0 Å². The SMILES string of the molecule is CC(C)(C)c1c[c-]c2c(c1)-c1cc(C(C)(C)C)ccc1C2.CC1=[C-]C(C)C=C1C(C)C.Clc1ccc([CH]=[Zr]=[CH]c2ccc(Cl)cc2)cc1. The van der Waals surface area contributed by atoms with Crippen molar-refractivity contribution in [2.24, 2.45) is 11.8 Å². The van der Waals surface area contributed by atoms with Crippen molar-refractivity contribution >= 4 is 30.6 Å². The van der Waals surface area contributed by atoms with Crippen LogP contribution < -0.4 is 0 Å². The summed E-state index contributed by atoms with van der Waals surface area (Å²) in [6.07, 6.45) is 6.71. The van der Waals surface area contributed by atoms with E-state index in [0.29, 0.717) is 11.8 Å². The number of benzene rings is 4. The van der Waals surface area contributed by atoms with Crippen LogP contribution in [0.1, 0.15) is 103 Å². The molecule has 0 bridgehead atoms. The Morgan fingerprint density at radius 2 is 1.27 bits per heavy atom. The van der Waals surface area contributed by atoms with Gasteiger partial charge in [0, 0.05) is 0 Å². The molecule has 0 aliphatic heterocycles. The Kier molecular flexibility index (Phi) is 13.2. The van der Waals surface area contributed by atoms with Crippen molar-refractivity contribution in [3.63, 3.8) is 0 Å². The third-order valence-corrected chi connectivity index (χ3v) is 11.7. The fourth-order valence-electron chi connectivity index (χ4n) is 5.82. The molecule has 0 amide bonds. The molecule has 1 unspecified atom stereocenters. The standard InChI is InChI=1S/C21H25.C10H15.2C7H5Cl.Zr/c1-20(2,3)16-9-7-14-11-15-8-10-17(21(4,5)6)13-19(15)18(14)12-16;1-7(2)10-6-8(3)5-9(10)4;2*1-6-2-4-7(8)5-3-6;/h7,9-10,12-13H,11H2,1-6H3;6-8H,1-4H3;2*1-5H;/q2*-1;;;. The number of rotatable bonds is 3. The van der Waals surface area contributed by atoms with E-state index in [1.165, 1.54) is 55.7 Å².